The van der Waals surface area contributed by atoms with Crippen LogP contribution in [0.5, 0.6) is 17.4 Å². The zero-order valence-electron chi connectivity index (χ0n) is 16.7. The van der Waals surface area contributed by atoms with E-state index in [1.807, 2.05) is 32.0 Å². The molecule has 0 unspecified atom stereocenters. The standard InChI is InChI=1S/C20H19N5O4S/c1-10-6-11(2)21-18-17(10)19(24-25(18)3)29-9-16(26)23-20-22-12-7-13-14(8-15(12)30-20)28-5-4-27-13/h6-8H,4-5,9H2,1-3H3,(H,22,23,26). The molecule has 1 N–H and O–H groups in total. The summed E-state index contributed by atoms with van der Waals surface area (Å²) in [6, 6.07) is 5.67. The van der Waals surface area contributed by atoms with Crippen LogP contribution in [0.25, 0.3) is 21.3 Å². The number of fused-ring (bicyclic) bond motifs is 3. The third-order valence-corrected chi connectivity index (χ3v) is 5.66. The molecule has 0 saturated carbocycles. The first-order valence-electron chi connectivity index (χ1n) is 9.42. The number of amides is 1. The molecule has 154 valence electrons. The lowest BCUT2D eigenvalue weighted by Gasteiger charge is -2.17. The second-order valence-electron chi connectivity index (χ2n) is 7.03. The van der Waals surface area contributed by atoms with Crippen molar-refractivity contribution in [3.8, 4) is 17.4 Å². The van der Waals surface area contributed by atoms with Crippen LogP contribution >= 0.6 is 11.3 Å². The van der Waals surface area contributed by atoms with Gasteiger partial charge in [0.15, 0.2) is 28.9 Å². The van der Waals surface area contributed by atoms with Gasteiger partial charge >= 0.3 is 0 Å². The van der Waals surface area contributed by atoms with Crippen molar-refractivity contribution in [1.82, 2.24) is 19.7 Å². The molecule has 1 aliphatic heterocycles. The highest BCUT2D eigenvalue weighted by Gasteiger charge is 2.18. The molecular formula is C20H19N5O4S. The number of pyridine rings is 1. The second kappa shape index (κ2) is 7.13. The van der Waals surface area contributed by atoms with E-state index in [-0.39, 0.29) is 12.5 Å². The van der Waals surface area contributed by atoms with Crippen LogP contribution in [0, 0.1) is 13.8 Å². The Morgan fingerprint density at radius 3 is 2.77 bits per heavy atom. The third kappa shape index (κ3) is 3.28. The molecule has 10 heteroatoms. The maximum absolute atomic E-state index is 12.4. The molecule has 0 radical (unpaired) electrons. The Kier molecular flexibility index (Phi) is 4.43. The van der Waals surface area contributed by atoms with Gasteiger partial charge in [0.25, 0.3) is 5.91 Å². The smallest absolute Gasteiger partial charge is 0.264 e. The summed E-state index contributed by atoms with van der Waals surface area (Å²) in [4.78, 5) is 21.4. The summed E-state index contributed by atoms with van der Waals surface area (Å²) < 4.78 is 19.4. The number of thiazole rings is 1. The van der Waals surface area contributed by atoms with E-state index >= 15 is 0 Å². The predicted molar refractivity (Wildman–Crippen MR) is 113 cm³/mol. The number of nitrogens with one attached hydrogen (secondary N) is 1. The fourth-order valence-electron chi connectivity index (χ4n) is 3.46. The first-order valence-corrected chi connectivity index (χ1v) is 10.2. The van der Waals surface area contributed by atoms with Gasteiger partial charge in [-0.15, -0.1) is 5.10 Å². The van der Waals surface area contributed by atoms with Gasteiger partial charge in [-0.25, -0.2) is 14.6 Å². The Morgan fingerprint density at radius 1 is 1.20 bits per heavy atom. The second-order valence-corrected chi connectivity index (χ2v) is 8.06. The Hall–Kier alpha value is -3.40. The van der Waals surface area contributed by atoms with E-state index in [1.165, 1.54) is 11.3 Å². The van der Waals surface area contributed by atoms with E-state index in [9.17, 15) is 4.79 Å². The fraction of sp³-hybridized carbons (Fsp3) is 0.300. The molecule has 0 bridgehead atoms. The zero-order chi connectivity index (χ0) is 20.8. The quantitative estimate of drug-likeness (QED) is 0.536. The molecule has 3 aromatic heterocycles. The monoisotopic (exact) mass is 425 g/mol. The van der Waals surface area contributed by atoms with Crippen molar-refractivity contribution < 1.29 is 19.0 Å². The maximum atomic E-state index is 12.4. The van der Waals surface area contributed by atoms with E-state index in [4.69, 9.17) is 14.2 Å². The fourth-order valence-corrected chi connectivity index (χ4v) is 4.35. The molecule has 0 spiro atoms. The summed E-state index contributed by atoms with van der Waals surface area (Å²) in [6.07, 6.45) is 0. The van der Waals surface area contributed by atoms with Gasteiger partial charge in [-0.2, -0.15) is 0 Å². The first kappa shape index (κ1) is 18.6. The summed E-state index contributed by atoms with van der Waals surface area (Å²) in [5.74, 6) is 1.43. The number of aryl methyl sites for hydroxylation is 3. The van der Waals surface area contributed by atoms with Gasteiger partial charge in [0.05, 0.1) is 15.6 Å². The van der Waals surface area contributed by atoms with Gasteiger partial charge in [0.1, 0.15) is 13.2 Å². The molecular weight excluding hydrogens is 406 g/mol. The molecule has 9 nitrogen and oxygen atoms in total. The Balaban J connectivity index is 1.31. The lowest BCUT2D eigenvalue weighted by Crippen LogP contribution is -2.20. The Labute approximate surface area is 175 Å². The predicted octanol–water partition coefficient (Wildman–Crippen LogP) is 2.98. The Morgan fingerprint density at radius 2 is 1.97 bits per heavy atom. The van der Waals surface area contributed by atoms with E-state index < -0.39 is 0 Å². The number of rotatable bonds is 4. The SMILES string of the molecule is Cc1cc(C)c2c(OCC(=O)Nc3nc4cc5c(cc4s3)OCCO5)nn(C)c2n1. The van der Waals surface area contributed by atoms with Crippen LogP contribution in [0.2, 0.25) is 0 Å². The summed E-state index contributed by atoms with van der Waals surface area (Å²) in [5, 5.41) is 8.44. The number of ether oxygens (including phenoxy) is 3. The highest BCUT2D eigenvalue weighted by atomic mass is 32.1. The number of carbonyl (C=O) groups excluding carboxylic acids is 1. The van der Waals surface area contributed by atoms with Crippen molar-refractivity contribution in [2.75, 3.05) is 25.1 Å². The lowest BCUT2D eigenvalue weighted by molar-refractivity contribution is -0.118. The highest BCUT2D eigenvalue weighted by Crippen LogP contribution is 2.37. The molecule has 0 fully saturated rings. The summed E-state index contributed by atoms with van der Waals surface area (Å²) in [6.45, 7) is 4.76. The van der Waals surface area contributed by atoms with Gasteiger partial charge in [-0.05, 0) is 25.5 Å². The van der Waals surface area contributed by atoms with Crippen LogP contribution in [0.1, 0.15) is 11.3 Å². The molecule has 0 saturated heterocycles. The normalized spacial score (nSPS) is 13.0. The van der Waals surface area contributed by atoms with Gasteiger partial charge in [0.2, 0.25) is 5.88 Å². The van der Waals surface area contributed by atoms with Gasteiger partial charge in [0, 0.05) is 24.9 Å². The van der Waals surface area contributed by atoms with Crippen molar-refractivity contribution in [2.24, 2.45) is 7.05 Å². The molecule has 4 aromatic rings. The third-order valence-electron chi connectivity index (χ3n) is 4.73. The number of benzene rings is 1. The number of anilines is 1. The van der Waals surface area contributed by atoms with Crippen molar-refractivity contribution in [1.29, 1.82) is 0 Å². The van der Waals surface area contributed by atoms with Crippen LogP contribution < -0.4 is 19.5 Å². The molecule has 1 aliphatic rings. The van der Waals surface area contributed by atoms with Crippen molar-refractivity contribution in [3.05, 3.63) is 29.5 Å². The van der Waals surface area contributed by atoms with Crippen molar-refractivity contribution >= 4 is 43.6 Å². The van der Waals surface area contributed by atoms with Crippen LogP contribution in [0.15, 0.2) is 18.2 Å². The number of hydrogen-bond acceptors (Lipinski definition) is 8. The van der Waals surface area contributed by atoms with E-state index in [2.05, 4.69) is 20.4 Å². The number of carbonyl (C=O) groups is 1. The van der Waals surface area contributed by atoms with Crippen molar-refractivity contribution in [2.45, 2.75) is 13.8 Å². The topological polar surface area (TPSA) is 100 Å². The highest BCUT2D eigenvalue weighted by molar-refractivity contribution is 7.22. The van der Waals surface area contributed by atoms with Crippen LogP contribution in [-0.2, 0) is 11.8 Å². The van der Waals surface area contributed by atoms with Crippen LogP contribution in [0.4, 0.5) is 5.13 Å². The first-order chi connectivity index (χ1) is 14.5. The van der Waals surface area contributed by atoms with Gasteiger partial charge in [-0.3, -0.25) is 10.1 Å². The van der Waals surface area contributed by atoms with Crippen LogP contribution in [-0.4, -0.2) is 45.5 Å². The number of nitrogens with zero attached hydrogens (tertiary/aromatic N) is 4. The van der Waals surface area contributed by atoms with Crippen LogP contribution in [0.3, 0.4) is 0 Å². The van der Waals surface area contributed by atoms with E-state index in [0.717, 1.165) is 32.5 Å². The molecule has 1 aromatic carbocycles. The van der Waals surface area contributed by atoms with E-state index in [0.29, 0.717) is 35.7 Å². The molecule has 0 atom stereocenters. The molecule has 1 amide bonds. The molecule has 30 heavy (non-hydrogen) atoms. The van der Waals surface area contributed by atoms with Gasteiger partial charge < -0.3 is 14.2 Å². The minimum absolute atomic E-state index is 0.182. The average molecular weight is 425 g/mol. The number of hydrogen-bond donors (Lipinski definition) is 1. The minimum atomic E-state index is -0.317. The average Bonchev–Trinajstić information content (AvgIpc) is 3.24. The Bertz CT molecular complexity index is 1250. The number of aromatic nitrogens is 4. The van der Waals surface area contributed by atoms with E-state index in [1.54, 1.807) is 11.7 Å². The van der Waals surface area contributed by atoms with Crippen molar-refractivity contribution in [3.63, 3.8) is 0 Å². The lowest BCUT2D eigenvalue weighted by atomic mass is 10.2. The zero-order valence-corrected chi connectivity index (χ0v) is 17.5. The minimum Gasteiger partial charge on any atom is -0.486 e. The summed E-state index contributed by atoms with van der Waals surface area (Å²) in [7, 11) is 1.80. The summed E-state index contributed by atoms with van der Waals surface area (Å²) >= 11 is 1.37. The molecule has 5 rings (SSSR count). The van der Waals surface area contributed by atoms with Gasteiger partial charge in [-0.1, -0.05) is 11.3 Å². The largest absolute Gasteiger partial charge is 0.486 e. The maximum Gasteiger partial charge on any atom is 0.264 e. The molecule has 0 aliphatic carbocycles. The summed E-state index contributed by atoms with van der Waals surface area (Å²) in [5.41, 5.74) is 3.37. The molecule has 4 heterocycles.